The molecule has 0 rings (SSSR count). The number of terminal acetylenes is 1. The van der Waals surface area contributed by atoms with E-state index in [9.17, 15) is 57.5 Å². The predicted octanol–water partition coefficient (Wildman–Crippen LogP) is -2.94. The van der Waals surface area contributed by atoms with Gasteiger partial charge >= 0.3 is 141 Å². The van der Waals surface area contributed by atoms with E-state index in [1.807, 2.05) is 0 Å². The van der Waals surface area contributed by atoms with Crippen molar-refractivity contribution in [3.05, 3.63) is 0 Å². The molecule has 0 bridgehead atoms. The van der Waals surface area contributed by atoms with Crippen LogP contribution in [0.5, 0.6) is 0 Å². The first-order valence-electron chi connectivity index (χ1n) is 6.97. The van der Waals surface area contributed by atoms with Crippen LogP contribution in [0.25, 0.3) is 0 Å². The van der Waals surface area contributed by atoms with E-state index in [1.54, 1.807) is 13.8 Å². The summed E-state index contributed by atoms with van der Waals surface area (Å²) in [5, 5.41) is -5.37. The molecular weight excluding hydrogens is 528 g/mol. The number of carbonyl (C=O) groups is 12. The van der Waals surface area contributed by atoms with Gasteiger partial charge in [0.15, 0.2) is 0 Å². The minimum absolute atomic E-state index is 0.431. The van der Waals surface area contributed by atoms with Crippen LogP contribution in [0, 0.1) is 12.3 Å². The van der Waals surface area contributed by atoms with Crippen LogP contribution in [0.3, 0.4) is 0 Å². The molecule has 0 radical (unpaired) electrons. The summed E-state index contributed by atoms with van der Waals surface area (Å²) < 4.78 is 0. The fourth-order valence-electron chi connectivity index (χ4n) is 0.556. The minimum atomic E-state index is -5.95. The normalized spacial score (nSPS) is 14.7. The van der Waals surface area contributed by atoms with Crippen molar-refractivity contribution in [1.29, 1.82) is 0 Å². The van der Waals surface area contributed by atoms with Crippen molar-refractivity contribution < 1.29 is 78.6 Å². The Morgan fingerprint density at radius 3 is 0.594 bits per heavy atom. The second kappa shape index (κ2) is 9.37. The van der Waals surface area contributed by atoms with Crippen LogP contribution in [0.1, 0.15) is 13.8 Å². The van der Waals surface area contributed by atoms with Crippen molar-refractivity contribution in [3.8, 4) is 12.3 Å². The summed E-state index contributed by atoms with van der Waals surface area (Å²) in [4.78, 5) is 126. The van der Waals surface area contributed by atoms with Gasteiger partial charge in [0.1, 0.15) is 0 Å². The third kappa shape index (κ3) is 4.90. The third-order valence-corrected chi connectivity index (χ3v) is 11.6. The summed E-state index contributed by atoms with van der Waals surface area (Å²) in [6.45, 7) is 3.57. The van der Waals surface area contributed by atoms with Crippen LogP contribution < -0.4 is 5.73 Å². The Labute approximate surface area is 178 Å². The third-order valence-electron chi connectivity index (χ3n) is 3.09. The molecule has 2 N–H and O–H groups in total. The van der Waals surface area contributed by atoms with Crippen LogP contribution in [0.4, 0.5) is 0 Å². The molecule has 0 aromatic carbocycles. The molecule has 0 saturated heterocycles. The van der Waals surface area contributed by atoms with Crippen LogP contribution in [-0.4, -0.2) is 68.2 Å². The Balaban J connectivity index is -0.000000422. The maximum atomic E-state index is 10.5. The van der Waals surface area contributed by atoms with Gasteiger partial charge in [-0.25, -0.2) is 0 Å². The molecule has 15 heteroatoms. The first kappa shape index (κ1) is 33.2. The molecule has 0 aliphatic carbocycles. The maximum absolute atomic E-state index is 10.5. The van der Waals surface area contributed by atoms with E-state index in [0.717, 1.165) is 0 Å². The van der Waals surface area contributed by atoms with Crippen LogP contribution in [-0.2, 0) is 78.6 Å². The van der Waals surface area contributed by atoms with E-state index >= 15 is 0 Å². The zero-order valence-corrected chi connectivity index (χ0v) is 18.7. The standard InChI is InChI=1S/C5H9N.12CHO.2Co/c1-4-5(2,3)6;12*1-2;;/h1H,6H2,2-3H3;12*1H;;. The van der Waals surface area contributed by atoms with E-state index in [0.29, 0.717) is 0 Å². The van der Waals surface area contributed by atoms with Gasteiger partial charge in [0.25, 0.3) is 0 Å². The molecule has 0 spiro atoms. The van der Waals surface area contributed by atoms with E-state index in [1.165, 1.54) is 0 Å². The number of nitrogens with two attached hydrogens (primary N) is 1. The summed E-state index contributed by atoms with van der Waals surface area (Å²) in [7, 11) is -11.9. The van der Waals surface area contributed by atoms with Crippen LogP contribution in [0.15, 0.2) is 0 Å². The Hall–Kier alpha value is -3.43. The molecule has 13 nitrogen and oxygen atoms in total. The fourth-order valence-corrected chi connectivity index (χ4v) is 2.29. The molecule has 0 atom stereocenters. The van der Waals surface area contributed by atoms with Crippen molar-refractivity contribution in [3.63, 3.8) is 0 Å². The Bertz CT molecular complexity index is 707. The first-order chi connectivity index (χ1) is 14.5. The van der Waals surface area contributed by atoms with Gasteiger partial charge in [0, 0.05) is 0 Å². The SMILES string of the molecule is C#CC(C)(C)N.O=[CH][Co]([CH]=O)([CH]=O)([CH]=O)([CH]=O)[CH]=O.O=[CH][Co]([CH]=O)([CH]=O)([CH]=O)([CH]=O)[CH]=O. The van der Waals surface area contributed by atoms with E-state index in [-0.39, 0.29) is 0 Å². The van der Waals surface area contributed by atoms with E-state index in [4.69, 9.17) is 12.2 Å². The first-order valence-corrected chi connectivity index (χ1v) is 14.2. The number of hydrogen-bond acceptors (Lipinski definition) is 13. The van der Waals surface area contributed by atoms with Crippen molar-refractivity contribution in [1.82, 2.24) is 0 Å². The molecule has 0 aromatic heterocycles. The zero-order chi connectivity index (χ0) is 26.5. The van der Waals surface area contributed by atoms with Crippen molar-refractivity contribution in [2.24, 2.45) is 5.73 Å². The summed E-state index contributed by atoms with van der Waals surface area (Å²) in [6.07, 6.45) is 4.93. The van der Waals surface area contributed by atoms with Crippen molar-refractivity contribution in [2.45, 2.75) is 19.4 Å². The molecule has 0 unspecified atom stereocenters. The Morgan fingerprint density at radius 2 is 0.594 bits per heavy atom. The molecule has 0 aliphatic rings. The second-order valence-corrected chi connectivity index (χ2v) is 19.5. The topological polar surface area (TPSA) is 231 Å². The summed E-state index contributed by atoms with van der Waals surface area (Å²) in [5.41, 5.74) is 4.87. The molecule has 0 aliphatic heterocycles. The second-order valence-electron chi connectivity index (χ2n) is 6.14. The van der Waals surface area contributed by atoms with Gasteiger partial charge in [-0.2, -0.15) is 0 Å². The summed E-state index contributed by atoms with van der Waals surface area (Å²) in [5.74, 6) is 2.38. The van der Waals surface area contributed by atoms with Gasteiger partial charge < -0.3 is 5.73 Å². The zero-order valence-electron chi connectivity index (χ0n) is 16.6. The molecule has 0 aromatic rings. The quantitative estimate of drug-likeness (QED) is 0.190. The van der Waals surface area contributed by atoms with Crippen LogP contribution in [0.2, 0.25) is 0 Å². The van der Waals surface area contributed by atoms with Gasteiger partial charge in [-0.05, 0) is 13.8 Å². The van der Waals surface area contributed by atoms with Gasteiger partial charge in [-0.15, -0.1) is 6.42 Å². The number of carbonyl (C=O) groups excluding carboxylic acids is 12. The predicted molar refractivity (Wildman–Crippen MR) is 108 cm³/mol. The summed E-state index contributed by atoms with van der Waals surface area (Å²) in [6, 6.07) is 0. The van der Waals surface area contributed by atoms with E-state index in [2.05, 4.69) is 5.92 Å². The molecule has 0 fully saturated rings. The molecular formula is C17H21Co2NO12. The summed E-state index contributed by atoms with van der Waals surface area (Å²) >= 11 is 0. The van der Waals surface area contributed by atoms with Crippen molar-refractivity contribution >= 4 is 62.6 Å². The number of hydrogen-bond donors (Lipinski definition) is 1. The molecule has 184 valence electrons. The average Bonchev–Trinajstić information content (AvgIpc) is 2.87. The fraction of sp³-hybridized carbons (Fsp3) is 0.176. The van der Waals surface area contributed by atoms with E-state index < -0.39 is 89.2 Å². The van der Waals surface area contributed by atoms with Crippen LogP contribution >= 0.6 is 0 Å². The number of rotatable bonds is 12. The monoisotopic (exact) mass is 549 g/mol. The van der Waals surface area contributed by atoms with Gasteiger partial charge in [0.05, 0.1) is 5.54 Å². The molecule has 32 heavy (non-hydrogen) atoms. The van der Waals surface area contributed by atoms with Gasteiger partial charge in [-0.3, -0.25) is 0 Å². The Kier molecular flexibility index (Phi) is 9.73. The molecule has 0 saturated carbocycles. The molecule has 0 heterocycles. The van der Waals surface area contributed by atoms with Gasteiger partial charge in [0.2, 0.25) is 0 Å². The average molecular weight is 549 g/mol. The van der Waals surface area contributed by atoms with Gasteiger partial charge in [-0.1, -0.05) is 5.92 Å². The molecule has 0 amide bonds. The Morgan fingerprint density at radius 1 is 0.500 bits per heavy atom. The van der Waals surface area contributed by atoms with Crippen molar-refractivity contribution in [2.75, 3.05) is 0 Å².